The standard InChI is InChI=1S/C17H21N3O3/c1-23-12-11-19(13-7-8-13)17(22)15-9-10-16(21)20(18-15)14-5-3-2-4-6-14/h2-6,13H,7-12H2,1H3. The summed E-state index contributed by atoms with van der Waals surface area (Å²) in [7, 11) is 1.63. The van der Waals surface area contributed by atoms with Crippen LogP contribution in [0.5, 0.6) is 0 Å². The summed E-state index contributed by atoms with van der Waals surface area (Å²) in [6.45, 7) is 1.08. The Morgan fingerprint density at radius 1 is 1.30 bits per heavy atom. The lowest BCUT2D eigenvalue weighted by atomic mass is 10.1. The number of rotatable bonds is 6. The maximum atomic E-state index is 12.8. The summed E-state index contributed by atoms with van der Waals surface area (Å²) >= 11 is 0. The molecule has 1 aromatic rings. The minimum absolute atomic E-state index is 0.0713. The highest BCUT2D eigenvalue weighted by molar-refractivity contribution is 6.40. The van der Waals surface area contributed by atoms with Crippen LogP contribution in [0.4, 0.5) is 5.69 Å². The molecule has 1 aliphatic carbocycles. The van der Waals surface area contributed by atoms with Gasteiger partial charge in [-0.3, -0.25) is 9.59 Å². The average Bonchev–Trinajstić information content (AvgIpc) is 3.41. The van der Waals surface area contributed by atoms with Crippen LogP contribution in [0.1, 0.15) is 25.7 Å². The van der Waals surface area contributed by atoms with Gasteiger partial charge in [0.05, 0.1) is 12.3 Å². The monoisotopic (exact) mass is 315 g/mol. The molecule has 0 saturated heterocycles. The fourth-order valence-corrected chi connectivity index (χ4v) is 2.67. The van der Waals surface area contributed by atoms with Crippen molar-refractivity contribution in [3.8, 4) is 0 Å². The molecule has 2 aliphatic rings. The summed E-state index contributed by atoms with van der Waals surface area (Å²) in [5.74, 6) is -0.152. The van der Waals surface area contributed by atoms with Gasteiger partial charge in [0.1, 0.15) is 5.71 Å². The number of anilines is 1. The van der Waals surface area contributed by atoms with Gasteiger partial charge in [0.15, 0.2) is 0 Å². The van der Waals surface area contributed by atoms with Gasteiger partial charge in [-0.25, -0.2) is 5.01 Å². The maximum absolute atomic E-state index is 12.8. The Hall–Kier alpha value is -2.21. The van der Waals surface area contributed by atoms with Crippen LogP contribution in [0, 0.1) is 0 Å². The molecule has 0 aromatic heterocycles. The second-order valence-electron chi connectivity index (χ2n) is 5.81. The molecule has 1 aromatic carbocycles. The molecule has 0 N–H and O–H groups in total. The zero-order valence-electron chi connectivity index (χ0n) is 13.3. The van der Waals surface area contributed by atoms with Crippen molar-refractivity contribution in [2.24, 2.45) is 5.10 Å². The van der Waals surface area contributed by atoms with Crippen molar-refractivity contribution in [2.45, 2.75) is 31.7 Å². The van der Waals surface area contributed by atoms with E-state index >= 15 is 0 Å². The number of methoxy groups -OCH3 is 1. The van der Waals surface area contributed by atoms with E-state index in [0.717, 1.165) is 12.8 Å². The van der Waals surface area contributed by atoms with E-state index in [2.05, 4.69) is 5.10 Å². The van der Waals surface area contributed by atoms with Gasteiger partial charge in [-0.15, -0.1) is 0 Å². The van der Waals surface area contributed by atoms with Gasteiger partial charge in [-0.05, 0) is 25.0 Å². The molecule has 1 heterocycles. The van der Waals surface area contributed by atoms with Gasteiger partial charge in [-0.2, -0.15) is 5.10 Å². The number of carbonyl (C=O) groups excluding carboxylic acids is 2. The highest BCUT2D eigenvalue weighted by Crippen LogP contribution is 2.28. The Bertz CT molecular complexity index is 611. The Kier molecular flexibility index (Phi) is 4.71. The van der Waals surface area contributed by atoms with E-state index in [1.807, 2.05) is 35.2 Å². The quantitative estimate of drug-likeness (QED) is 0.804. The highest BCUT2D eigenvalue weighted by Gasteiger charge is 2.36. The van der Waals surface area contributed by atoms with E-state index in [1.165, 1.54) is 5.01 Å². The summed E-state index contributed by atoms with van der Waals surface area (Å²) in [5, 5.41) is 5.69. The first-order valence-electron chi connectivity index (χ1n) is 7.96. The summed E-state index contributed by atoms with van der Waals surface area (Å²) in [4.78, 5) is 26.7. The largest absolute Gasteiger partial charge is 0.383 e. The molecular formula is C17H21N3O3. The van der Waals surface area contributed by atoms with Crippen LogP contribution < -0.4 is 5.01 Å². The van der Waals surface area contributed by atoms with Crippen LogP contribution in [-0.2, 0) is 14.3 Å². The number of hydrogen-bond acceptors (Lipinski definition) is 4. The Morgan fingerprint density at radius 3 is 2.70 bits per heavy atom. The molecule has 0 bridgehead atoms. The van der Waals surface area contributed by atoms with Gasteiger partial charge in [-0.1, -0.05) is 18.2 Å². The fraction of sp³-hybridized carbons (Fsp3) is 0.471. The number of hydrogen-bond donors (Lipinski definition) is 0. The van der Waals surface area contributed by atoms with Crippen LogP contribution in [0.2, 0.25) is 0 Å². The molecule has 2 amide bonds. The molecule has 6 heteroatoms. The summed E-state index contributed by atoms with van der Waals surface area (Å²) in [6.07, 6.45) is 2.77. The lowest BCUT2D eigenvalue weighted by molar-refractivity contribution is -0.125. The molecule has 122 valence electrons. The molecule has 0 unspecified atom stereocenters. The zero-order valence-corrected chi connectivity index (χ0v) is 13.3. The number of carbonyl (C=O) groups is 2. The second kappa shape index (κ2) is 6.91. The molecule has 1 aliphatic heterocycles. The number of para-hydroxylation sites is 1. The number of ether oxygens (including phenoxy) is 1. The second-order valence-corrected chi connectivity index (χ2v) is 5.81. The minimum Gasteiger partial charge on any atom is -0.383 e. The van der Waals surface area contributed by atoms with E-state index in [9.17, 15) is 9.59 Å². The van der Waals surface area contributed by atoms with Crippen LogP contribution in [-0.4, -0.2) is 48.7 Å². The van der Waals surface area contributed by atoms with E-state index in [4.69, 9.17) is 4.74 Å². The highest BCUT2D eigenvalue weighted by atomic mass is 16.5. The molecular weight excluding hydrogens is 294 g/mol. The van der Waals surface area contributed by atoms with Gasteiger partial charge >= 0.3 is 0 Å². The van der Waals surface area contributed by atoms with Gasteiger partial charge in [0.25, 0.3) is 5.91 Å². The maximum Gasteiger partial charge on any atom is 0.270 e. The van der Waals surface area contributed by atoms with Gasteiger partial charge < -0.3 is 9.64 Å². The third-order valence-corrected chi connectivity index (χ3v) is 4.07. The van der Waals surface area contributed by atoms with E-state index < -0.39 is 0 Å². The normalized spacial score (nSPS) is 17.9. The third kappa shape index (κ3) is 3.59. The van der Waals surface area contributed by atoms with Crippen molar-refractivity contribution >= 4 is 23.2 Å². The van der Waals surface area contributed by atoms with E-state index in [0.29, 0.717) is 43.4 Å². The molecule has 1 saturated carbocycles. The number of benzene rings is 1. The van der Waals surface area contributed by atoms with E-state index in [1.54, 1.807) is 7.11 Å². The predicted octanol–water partition coefficient (Wildman–Crippen LogP) is 1.81. The SMILES string of the molecule is COCCN(C(=O)C1=NN(c2ccccc2)C(=O)CC1)C1CC1. The Morgan fingerprint density at radius 2 is 2.04 bits per heavy atom. The first-order valence-corrected chi connectivity index (χ1v) is 7.96. The minimum atomic E-state index is -0.0809. The molecule has 0 radical (unpaired) electrons. The van der Waals surface area contributed by atoms with Crippen molar-refractivity contribution < 1.29 is 14.3 Å². The lowest BCUT2D eigenvalue weighted by Crippen LogP contribution is -2.43. The molecule has 6 nitrogen and oxygen atoms in total. The Balaban J connectivity index is 1.80. The zero-order chi connectivity index (χ0) is 16.2. The first kappa shape index (κ1) is 15.7. The number of amides is 2. The Labute approximate surface area is 135 Å². The number of hydrazone groups is 1. The van der Waals surface area contributed by atoms with Crippen molar-refractivity contribution in [3.05, 3.63) is 30.3 Å². The van der Waals surface area contributed by atoms with Crippen molar-refractivity contribution in [1.29, 1.82) is 0 Å². The average molecular weight is 315 g/mol. The van der Waals surface area contributed by atoms with Crippen LogP contribution in [0.15, 0.2) is 35.4 Å². The lowest BCUT2D eigenvalue weighted by Gasteiger charge is -2.27. The topological polar surface area (TPSA) is 62.2 Å². The van der Waals surface area contributed by atoms with E-state index in [-0.39, 0.29) is 11.8 Å². The van der Waals surface area contributed by atoms with Crippen LogP contribution >= 0.6 is 0 Å². The van der Waals surface area contributed by atoms with Crippen molar-refractivity contribution in [2.75, 3.05) is 25.3 Å². The van der Waals surface area contributed by atoms with Crippen LogP contribution in [0.25, 0.3) is 0 Å². The predicted molar refractivity (Wildman–Crippen MR) is 87.2 cm³/mol. The summed E-state index contributed by atoms with van der Waals surface area (Å²) in [5.41, 5.74) is 1.15. The number of nitrogens with zero attached hydrogens (tertiary/aromatic N) is 3. The summed E-state index contributed by atoms with van der Waals surface area (Å²) in [6, 6.07) is 9.51. The molecule has 23 heavy (non-hydrogen) atoms. The first-order chi connectivity index (χ1) is 11.2. The molecule has 1 fully saturated rings. The third-order valence-electron chi connectivity index (χ3n) is 4.07. The van der Waals surface area contributed by atoms with Crippen molar-refractivity contribution in [1.82, 2.24) is 4.90 Å². The molecule has 0 atom stereocenters. The summed E-state index contributed by atoms with van der Waals surface area (Å²) < 4.78 is 5.10. The smallest absolute Gasteiger partial charge is 0.270 e. The molecule has 0 spiro atoms. The van der Waals surface area contributed by atoms with Gasteiger partial charge in [0, 0.05) is 32.5 Å². The molecule has 3 rings (SSSR count). The van der Waals surface area contributed by atoms with Crippen LogP contribution in [0.3, 0.4) is 0 Å². The fourth-order valence-electron chi connectivity index (χ4n) is 2.67. The van der Waals surface area contributed by atoms with Gasteiger partial charge in [0.2, 0.25) is 5.91 Å². The van der Waals surface area contributed by atoms with Crippen molar-refractivity contribution in [3.63, 3.8) is 0 Å².